The molecule has 0 aromatic carbocycles. The number of nitrogens with one attached hydrogen (secondary N) is 1. The lowest BCUT2D eigenvalue weighted by atomic mass is 9.83. The Bertz CT molecular complexity index is 205. The highest BCUT2D eigenvalue weighted by Crippen LogP contribution is 2.39. The highest BCUT2D eigenvalue weighted by molar-refractivity contribution is 5.84. The first-order chi connectivity index (χ1) is 6.23. The first-order valence-corrected chi connectivity index (χ1v) is 5.28. The summed E-state index contributed by atoms with van der Waals surface area (Å²) in [5.74, 6) is 0.622. The van der Waals surface area contributed by atoms with Crippen molar-refractivity contribution in [3.63, 3.8) is 0 Å². The van der Waals surface area contributed by atoms with Gasteiger partial charge in [0, 0.05) is 0 Å². The van der Waals surface area contributed by atoms with Crippen molar-refractivity contribution in [1.82, 2.24) is 5.32 Å². The van der Waals surface area contributed by atoms with Crippen LogP contribution in [0.1, 0.15) is 38.5 Å². The SMILES string of the molecule is NC(=O)C1(CC2CC2)CCCCN1. The summed E-state index contributed by atoms with van der Waals surface area (Å²) in [7, 11) is 0. The molecule has 0 bridgehead atoms. The number of hydrogen-bond acceptors (Lipinski definition) is 2. The van der Waals surface area contributed by atoms with Crippen molar-refractivity contribution in [2.75, 3.05) is 6.54 Å². The first-order valence-electron chi connectivity index (χ1n) is 5.28. The summed E-state index contributed by atoms with van der Waals surface area (Å²) in [6, 6.07) is 0. The lowest BCUT2D eigenvalue weighted by molar-refractivity contribution is -0.125. The zero-order valence-corrected chi connectivity index (χ0v) is 8.01. The minimum Gasteiger partial charge on any atom is -0.368 e. The summed E-state index contributed by atoms with van der Waals surface area (Å²) < 4.78 is 0. The van der Waals surface area contributed by atoms with E-state index in [1.165, 1.54) is 19.3 Å². The van der Waals surface area contributed by atoms with E-state index < -0.39 is 0 Å². The Kier molecular flexibility index (Phi) is 2.28. The number of primary amides is 1. The normalized spacial score (nSPS) is 34.5. The van der Waals surface area contributed by atoms with Crippen LogP contribution in [0.2, 0.25) is 0 Å². The molecule has 1 heterocycles. The second kappa shape index (κ2) is 3.29. The van der Waals surface area contributed by atoms with Crippen LogP contribution in [0.15, 0.2) is 0 Å². The summed E-state index contributed by atoms with van der Waals surface area (Å²) in [5.41, 5.74) is 5.13. The minimum absolute atomic E-state index is 0.140. The summed E-state index contributed by atoms with van der Waals surface area (Å²) in [6.07, 6.45) is 6.82. The smallest absolute Gasteiger partial charge is 0.237 e. The van der Waals surface area contributed by atoms with E-state index in [9.17, 15) is 4.79 Å². The maximum Gasteiger partial charge on any atom is 0.237 e. The third kappa shape index (κ3) is 1.85. The number of amides is 1. The Hall–Kier alpha value is -0.570. The third-order valence-electron chi connectivity index (χ3n) is 3.30. The predicted molar refractivity (Wildman–Crippen MR) is 51.1 cm³/mol. The molecule has 1 saturated carbocycles. The molecule has 1 aliphatic heterocycles. The first kappa shape index (κ1) is 9.00. The molecule has 1 saturated heterocycles. The summed E-state index contributed by atoms with van der Waals surface area (Å²) in [4.78, 5) is 11.4. The van der Waals surface area contributed by atoms with Crippen molar-refractivity contribution < 1.29 is 4.79 Å². The van der Waals surface area contributed by atoms with E-state index in [2.05, 4.69) is 5.32 Å². The van der Waals surface area contributed by atoms with Gasteiger partial charge in [-0.1, -0.05) is 12.8 Å². The van der Waals surface area contributed by atoms with Gasteiger partial charge in [0.25, 0.3) is 0 Å². The molecule has 0 radical (unpaired) electrons. The molecule has 3 heteroatoms. The zero-order chi connectivity index (χ0) is 9.31. The molecule has 3 N–H and O–H groups in total. The van der Waals surface area contributed by atoms with Gasteiger partial charge in [-0.25, -0.2) is 0 Å². The Morgan fingerprint density at radius 3 is 2.69 bits per heavy atom. The van der Waals surface area contributed by atoms with E-state index in [0.717, 1.165) is 31.7 Å². The summed E-state index contributed by atoms with van der Waals surface area (Å²) in [6.45, 7) is 0.954. The van der Waals surface area contributed by atoms with Crippen LogP contribution < -0.4 is 11.1 Å². The average Bonchev–Trinajstić information content (AvgIpc) is 2.90. The van der Waals surface area contributed by atoms with Gasteiger partial charge in [0.1, 0.15) is 0 Å². The number of carbonyl (C=O) groups is 1. The van der Waals surface area contributed by atoms with Crippen molar-refractivity contribution in [1.29, 1.82) is 0 Å². The number of piperidine rings is 1. The Morgan fingerprint density at radius 1 is 1.46 bits per heavy atom. The molecule has 0 aromatic rings. The highest BCUT2D eigenvalue weighted by Gasteiger charge is 2.42. The van der Waals surface area contributed by atoms with Crippen LogP contribution in [-0.2, 0) is 4.79 Å². The van der Waals surface area contributed by atoms with E-state index >= 15 is 0 Å². The maximum absolute atomic E-state index is 11.4. The second-order valence-corrected chi connectivity index (χ2v) is 4.48. The van der Waals surface area contributed by atoms with E-state index in [0.29, 0.717) is 0 Å². The van der Waals surface area contributed by atoms with Crippen LogP contribution >= 0.6 is 0 Å². The van der Waals surface area contributed by atoms with Crippen LogP contribution in [0, 0.1) is 5.92 Å². The summed E-state index contributed by atoms with van der Waals surface area (Å²) in [5, 5.41) is 3.33. The lowest BCUT2D eigenvalue weighted by Crippen LogP contribution is -2.57. The number of rotatable bonds is 3. The molecule has 2 rings (SSSR count). The zero-order valence-electron chi connectivity index (χ0n) is 8.01. The minimum atomic E-state index is -0.348. The molecule has 0 spiro atoms. The molecule has 3 nitrogen and oxygen atoms in total. The molecule has 1 unspecified atom stereocenters. The average molecular weight is 182 g/mol. The van der Waals surface area contributed by atoms with Gasteiger partial charge in [-0.05, 0) is 38.1 Å². The largest absolute Gasteiger partial charge is 0.368 e. The van der Waals surface area contributed by atoms with E-state index in [4.69, 9.17) is 5.73 Å². The standard InChI is InChI=1S/C10H18N2O/c11-9(13)10(7-8-3-4-8)5-1-2-6-12-10/h8,12H,1-7H2,(H2,11,13). The molecule has 2 fully saturated rings. The summed E-state index contributed by atoms with van der Waals surface area (Å²) >= 11 is 0. The molecular formula is C10H18N2O. The Morgan fingerprint density at radius 2 is 2.23 bits per heavy atom. The Labute approximate surface area is 79.1 Å². The van der Waals surface area contributed by atoms with Crippen LogP contribution in [-0.4, -0.2) is 18.0 Å². The molecule has 74 valence electrons. The van der Waals surface area contributed by atoms with Crippen LogP contribution in [0.25, 0.3) is 0 Å². The number of carbonyl (C=O) groups excluding carboxylic acids is 1. The number of nitrogens with two attached hydrogens (primary N) is 1. The topological polar surface area (TPSA) is 55.1 Å². The molecule has 1 atom stereocenters. The second-order valence-electron chi connectivity index (χ2n) is 4.48. The predicted octanol–water partition coefficient (Wildman–Crippen LogP) is 0.784. The maximum atomic E-state index is 11.4. The molecule has 1 amide bonds. The van der Waals surface area contributed by atoms with Gasteiger partial charge in [0.15, 0.2) is 0 Å². The third-order valence-corrected chi connectivity index (χ3v) is 3.30. The van der Waals surface area contributed by atoms with Crippen LogP contribution in [0.5, 0.6) is 0 Å². The molecule has 0 aromatic heterocycles. The fourth-order valence-corrected chi connectivity index (χ4v) is 2.27. The monoisotopic (exact) mass is 182 g/mol. The van der Waals surface area contributed by atoms with Crippen LogP contribution in [0.4, 0.5) is 0 Å². The molecule has 13 heavy (non-hydrogen) atoms. The van der Waals surface area contributed by atoms with Gasteiger partial charge in [0.05, 0.1) is 5.54 Å². The van der Waals surface area contributed by atoms with E-state index in [-0.39, 0.29) is 11.4 Å². The highest BCUT2D eigenvalue weighted by atomic mass is 16.1. The van der Waals surface area contributed by atoms with Gasteiger partial charge in [-0.2, -0.15) is 0 Å². The molecular weight excluding hydrogens is 164 g/mol. The molecule has 2 aliphatic rings. The van der Waals surface area contributed by atoms with Gasteiger partial charge < -0.3 is 11.1 Å². The van der Waals surface area contributed by atoms with E-state index in [1.54, 1.807) is 0 Å². The van der Waals surface area contributed by atoms with Crippen molar-refractivity contribution in [2.24, 2.45) is 11.7 Å². The fourth-order valence-electron chi connectivity index (χ4n) is 2.27. The van der Waals surface area contributed by atoms with Crippen molar-refractivity contribution in [2.45, 2.75) is 44.1 Å². The Balaban J connectivity index is 2.02. The fraction of sp³-hybridized carbons (Fsp3) is 0.900. The lowest BCUT2D eigenvalue weighted by Gasteiger charge is -2.35. The number of hydrogen-bond donors (Lipinski definition) is 2. The quantitative estimate of drug-likeness (QED) is 0.678. The molecule has 1 aliphatic carbocycles. The van der Waals surface area contributed by atoms with Gasteiger partial charge in [-0.3, -0.25) is 4.79 Å². The van der Waals surface area contributed by atoms with Gasteiger partial charge in [-0.15, -0.1) is 0 Å². The van der Waals surface area contributed by atoms with Gasteiger partial charge in [0.2, 0.25) is 5.91 Å². The van der Waals surface area contributed by atoms with Crippen LogP contribution in [0.3, 0.4) is 0 Å². The van der Waals surface area contributed by atoms with E-state index in [1.807, 2.05) is 0 Å². The van der Waals surface area contributed by atoms with Crippen molar-refractivity contribution >= 4 is 5.91 Å². The van der Waals surface area contributed by atoms with Gasteiger partial charge >= 0.3 is 0 Å². The van der Waals surface area contributed by atoms with Crippen molar-refractivity contribution in [3.8, 4) is 0 Å². The van der Waals surface area contributed by atoms with Crippen molar-refractivity contribution in [3.05, 3.63) is 0 Å².